The van der Waals surface area contributed by atoms with Crippen LogP contribution in [0.5, 0.6) is 0 Å². The Hall–Kier alpha value is -1.14. The Labute approximate surface area is 95.0 Å². The van der Waals surface area contributed by atoms with Crippen LogP contribution in [0.25, 0.3) is 0 Å². The number of likely N-dealkylation sites (N-methyl/N-ethyl adjacent to an activating group) is 1. The molecule has 0 aromatic carbocycles. The second-order valence-corrected chi connectivity index (χ2v) is 3.94. The van der Waals surface area contributed by atoms with Gasteiger partial charge < -0.3 is 20.8 Å². The van der Waals surface area contributed by atoms with Gasteiger partial charge in [-0.2, -0.15) is 0 Å². The fourth-order valence-corrected chi connectivity index (χ4v) is 1.18. The molecule has 0 aliphatic heterocycles. The van der Waals surface area contributed by atoms with Gasteiger partial charge in [-0.05, 0) is 19.8 Å². The lowest BCUT2D eigenvalue weighted by atomic mass is 10.1. The van der Waals surface area contributed by atoms with Crippen LogP contribution >= 0.6 is 0 Å². The summed E-state index contributed by atoms with van der Waals surface area (Å²) in [7, 11) is 1.59. The molecular formula is C10H20N2O4. The number of amides is 1. The third-order valence-corrected chi connectivity index (χ3v) is 2.24. The van der Waals surface area contributed by atoms with Crippen LogP contribution < -0.4 is 5.73 Å². The minimum absolute atomic E-state index is 0.114. The molecule has 2 atom stereocenters. The number of hydrogen-bond donors (Lipinski definition) is 3. The van der Waals surface area contributed by atoms with E-state index in [1.807, 2.05) is 0 Å². The van der Waals surface area contributed by atoms with Crippen LogP contribution in [0.15, 0.2) is 0 Å². The van der Waals surface area contributed by atoms with Gasteiger partial charge in [-0.1, -0.05) is 0 Å². The highest BCUT2D eigenvalue weighted by atomic mass is 16.4. The summed E-state index contributed by atoms with van der Waals surface area (Å²) in [5.74, 6) is -1.25. The molecule has 6 nitrogen and oxygen atoms in total. The second kappa shape index (κ2) is 7.19. The Morgan fingerprint density at radius 2 is 1.94 bits per heavy atom. The molecule has 0 saturated heterocycles. The molecular weight excluding hydrogens is 212 g/mol. The number of rotatable bonds is 7. The molecule has 2 unspecified atom stereocenters. The number of nitrogens with two attached hydrogens (primary N) is 1. The molecule has 0 fully saturated rings. The van der Waals surface area contributed by atoms with Crippen LogP contribution in [-0.2, 0) is 9.59 Å². The van der Waals surface area contributed by atoms with Gasteiger partial charge in [0.1, 0.15) is 0 Å². The molecule has 0 radical (unpaired) electrons. The molecule has 0 aliphatic carbocycles. The molecule has 94 valence electrons. The van der Waals surface area contributed by atoms with Crippen molar-refractivity contribution in [2.24, 2.45) is 5.73 Å². The topological polar surface area (TPSA) is 104 Å². The highest BCUT2D eigenvalue weighted by molar-refractivity contribution is 5.82. The van der Waals surface area contributed by atoms with Gasteiger partial charge in [0.2, 0.25) is 5.91 Å². The number of hydrogen-bond acceptors (Lipinski definition) is 4. The Bertz CT molecular complexity index is 243. The van der Waals surface area contributed by atoms with Crippen molar-refractivity contribution in [1.29, 1.82) is 0 Å². The largest absolute Gasteiger partial charge is 0.481 e. The van der Waals surface area contributed by atoms with Crippen LogP contribution in [0.3, 0.4) is 0 Å². The van der Waals surface area contributed by atoms with Crippen LogP contribution in [0.1, 0.15) is 26.2 Å². The zero-order chi connectivity index (χ0) is 12.7. The van der Waals surface area contributed by atoms with E-state index in [4.69, 9.17) is 15.9 Å². The van der Waals surface area contributed by atoms with Gasteiger partial charge >= 0.3 is 5.97 Å². The van der Waals surface area contributed by atoms with Crippen molar-refractivity contribution < 1.29 is 19.8 Å². The normalized spacial score (nSPS) is 14.2. The maximum atomic E-state index is 11.6. The van der Waals surface area contributed by atoms with E-state index in [-0.39, 0.29) is 18.7 Å². The lowest BCUT2D eigenvalue weighted by Gasteiger charge is -2.21. The molecule has 4 N–H and O–H groups in total. The van der Waals surface area contributed by atoms with Crippen LogP contribution in [0.2, 0.25) is 0 Å². The standard InChI is InChI=1S/C10H20N2O4/c1-7(13)5-6-12(2)10(16)8(11)3-4-9(14)15/h7-8,13H,3-6,11H2,1-2H3,(H,14,15). The minimum atomic E-state index is -0.963. The third-order valence-electron chi connectivity index (χ3n) is 2.24. The maximum absolute atomic E-state index is 11.6. The summed E-state index contributed by atoms with van der Waals surface area (Å²) in [6.45, 7) is 2.06. The van der Waals surface area contributed by atoms with E-state index in [1.165, 1.54) is 4.90 Å². The molecule has 0 aliphatic rings. The highest BCUT2D eigenvalue weighted by Gasteiger charge is 2.18. The fraction of sp³-hybridized carbons (Fsp3) is 0.800. The van der Waals surface area contributed by atoms with Crippen molar-refractivity contribution in [3.63, 3.8) is 0 Å². The number of aliphatic carboxylic acids is 1. The second-order valence-electron chi connectivity index (χ2n) is 3.94. The zero-order valence-electron chi connectivity index (χ0n) is 9.72. The van der Waals surface area contributed by atoms with E-state index in [2.05, 4.69) is 0 Å². The summed E-state index contributed by atoms with van der Waals surface area (Å²) in [5.41, 5.74) is 5.56. The Kier molecular flexibility index (Phi) is 6.67. The molecule has 0 rings (SSSR count). The van der Waals surface area contributed by atoms with Gasteiger partial charge in [-0.15, -0.1) is 0 Å². The molecule has 6 heteroatoms. The fourth-order valence-electron chi connectivity index (χ4n) is 1.18. The van der Waals surface area contributed by atoms with E-state index in [0.29, 0.717) is 13.0 Å². The summed E-state index contributed by atoms with van der Waals surface area (Å²) in [6.07, 6.45) is 0.0311. The van der Waals surface area contributed by atoms with Gasteiger partial charge in [-0.3, -0.25) is 9.59 Å². The molecule has 0 aromatic heterocycles. The van der Waals surface area contributed by atoms with E-state index >= 15 is 0 Å². The molecule has 1 amide bonds. The number of carbonyl (C=O) groups is 2. The summed E-state index contributed by atoms with van der Waals surface area (Å²) in [5, 5.41) is 17.5. The zero-order valence-corrected chi connectivity index (χ0v) is 9.72. The molecule has 0 bridgehead atoms. The molecule has 0 aromatic rings. The average Bonchev–Trinajstić information content (AvgIpc) is 2.21. The van der Waals surface area contributed by atoms with Gasteiger partial charge in [0.05, 0.1) is 12.1 Å². The van der Waals surface area contributed by atoms with Crippen LogP contribution in [0, 0.1) is 0 Å². The first-order chi connectivity index (χ1) is 7.34. The van der Waals surface area contributed by atoms with Gasteiger partial charge in [0.25, 0.3) is 0 Å². The number of aliphatic hydroxyl groups is 1. The molecule has 0 spiro atoms. The van der Waals surface area contributed by atoms with Crippen molar-refractivity contribution in [3.8, 4) is 0 Å². The smallest absolute Gasteiger partial charge is 0.303 e. The molecule has 16 heavy (non-hydrogen) atoms. The first kappa shape index (κ1) is 14.9. The Balaban J connectivity index is 3.96. The number of carbonyl (C=O) groups excluding carboxylic acids is 1. The first-order valence-electron chi connectivity index (χ1n) is 5.25. The van der Waals surface area contributed by atoms with Crippen molar-refractivity contribution >= 4 is 11.9 Å². The van der Waals surface area contributed by atoms with Gasteiger partial charge in [-0.25, -0.2) is 0 Å². The minimum Gasteiger partial charge on any atom is -0.481 e. The third kappa shape index (κ3) is 6.36. The Morgan fingerprint density at radius 3 is 2.38 bits per heavy atom. The average molecular weight is 232 g/mol. The molecule has 0 heterocycles. The van der Waals surface area contributed by atoms with Gasteiger partial charge in [0, 0.05) is 20.0 Å². The summed E-state index contributed by atoms with van der Waals surface area (Å²) in [4.78, 5) is 23.3. The maximum Gasteiger partial charge on any atom is 0.303 e. The number of carboxylic acids is 1. The quantitative estimate of drug-likeness (QED) is 0.544. The first-order valence-corrected chi connectivity index (χ1v) is 5.25. The van der Waals surface area contributed by atoms with Crippen LogP contribution in [-0.4, -0.2) is 52.7 Å². The number of aliphatic hydroxyl groups excluding tert-OH is 1. The van der Waals surface area contributed by atoms with E-state index in [1.54, 1.807) is 14.0 Å². The summed E-state index contributed by atoms with van der Waals surface area (Å²) < 4.78 is 0. The monoisotopic (exact) mass is 232 g/mol. The summed E-state index contributed by atoms with van der Waals surface area (Å²) >= 11 is 0. The van der Waals surface area contributed by atoms with E-state index in [0.717, 1.165) is 0 Å². The van der Waals surface area contributed by atoms with Crippen molar-refractivity contribution in [3.05, 3.63) is 0 Å². The van der Waals surface area contributed by atoms with Crippen molar-refractivity contribution in [2.75, 3.05) is 13.6 Å². The highest BCUT2D eigenvalue weighted by Crippen LogP contribution is 2.01. The number of carboxylic acid groups (broad SMARTS) is 1. The predicted octanol–water partition coefficient (Wildman–Crippen LogP) is -0.592. The predicted molar refractivity (Wildman–Crippen MR) is 58.8 cm³/mol. The van der Waals surface area contributed by atoms with Crippen molar-refractivity contribution in [1.82, 2.24) is 4.90 Å². The Morgan fingerprint density at radius 1 is 1.38 bits per heavy atom. The molecule has 0 saturated carbocycles. The van der Waals surface area contributed by atoms with E-state index < -0.39 is 18.1 Å². The van der Waals surface area contributed by atoms with E-state index in [9.17, 15) is 9.59 Å². The number of nitrogens with zero attached hydrogens (tertiary/aromatic N) is 1. The lowest BCUT2D eigenvalue weighted by molar-refractivity contribution is -0.137. The van der Waals surface area contributed by atoms with Crippen molar-refractivity contribution in [2.45, 2.75) is 38.3 Å². The van der Waals surface area contributed by atoms with Crippen LogP contribution in [0.4, 0.5) is 0 Å². The van der Waals surface area contributed by atoms with Gasteiger partial charge in [0.15, 0.2) is 0 Å². The SMILES string of the molecule is CC(O)CCN(C)C(=O)C(N)CCC(=O)O. The lowest BCUT2D eigenvalue weighted by Crippen LogP contribution is -2.42. The summed E-state index contributed by atoms with van der Waals surface area (Å²) in [6, 6.07) is -0.782.